The molecule has 0 aliphatic carbocycles. The predicted octanol–water partition coefficient (Wildman–Crippen LogP) is 1.12. The minimum Gasteiger partial charge on any atom is -0.158 e. The van der Waals surface area contributed by atoms with Crippen LogP contribution in [0.5, 0.6) is 0 Å². The molecule has 1 aromatic rings. The maximum atomic E-state index is 2.26. The van der Waals surface area contributed by atoms with E-state index in [2.05, 4.69) is 42.4 Å². The molecule has 0 spiro atoms. The number of rotatable bonds is 2. The van der Waals surface area contributed by atoms with Crippen LogP contribution in [0.25, 0.3) is 0 Å². The number of aromatic nitrogens is 2. The number of aryl methyl sites for hydroxylation is 2. The highest BCUT2D eigenvalue weighted by Crippen LogP contribution is 1.92. The van der Waals surface area contributed by atoms with E-state index in [4.69, 9.17) is 0 Å². The third-order valence-corrected chi connectivity index (χ3v) is 1.83. The van der Waals surface area contributed by atoms with Crippen LogP contribution in [0.3, 0.4) is 0 Å². The molecule has 0 saturated carbocycles. The van der Waals surface area contributed by atoms with E-state index in [-0.39, 0.29) is 0 Å². The number of nitrogens with zero attached hydrogens (tertiary/aromatic N) is 2. The lowest BCUT2D eigenvalue weighted by Gasteiger charge is -1.97. The summed E-state index contributed by atoms with van der Waals surface area (Å²) in [6.07, 6.45) is 2.12. The van der Waals surface area contributed by atoms with E-state index in [0.717, 1.165) is 13.1 Å². The van der Waals surface area contributed by atoms with E-state index >= 15 is 0 Å². The van der Waals surface area contributed by atoms with Gasteiger partial charge in [-0.2, -0.15) is 4.68 Å². The second kappa shape index (κ2) is 2.86. The first kappa shape index (κ1) is 7.32. The van der Waals surface area contributed by atoms with Gasteiger partial charge >= 0.3 is 0 Å². The highest BCUT2D eigenvalue weighted by Gasteiger charge is 2.05. The van der Waals surface area contributed by atoms with Crippen LogP contribution >= 0.6 is 0 Å². The lowest BCUT2D eigenvalue weighted by Crippen LogP contribution is -2.41. The molecule has 56 valence electrons. The molecule has 0 bridgehead atoms. The van der Waals surface area contributed by atoms with Gasteiger partial charge in [0, 0.05) is 6.07 Å². The van der Waals surface area contributed by atoms with Gasteiger partial charge in [-0.3, -0.25) is 0 Å². The Hall–Kier alpha value is -0.790. The lowest BCUT2D eigenvalue weighted by atomic mass is 10.5. The average Bonchev–Trinajstić information content (AvgIpc) is 2.30. The van der Waals surface area contributed by atoms with Crippen LogP contribution < -0.4 is 4.68 Å². The summed E-state index contributed by atoms with van der Waals surface area (Å²) >= 11 is 0. The molecule has 0 aliphatic rings. The molecular formula is C8H15N2+. The van der Waals surface area contributed by atoms with Crippen molar-refractivity contribution in [2.75, 3.05) is 0 Å². The van der Waals surface area contributed by atoms with Crippen LogP contribution in [0.2, 0.25) is 0 Å². The molecule has 0 aromatic carbocycles. The largest absolute Gasteiger partial charge is 0.195 e. The van der Waals surface area contributed by atoms with Crippen molar-refractivity contribution < 1.29 is 4.68 Å². The third kappa shape index (κ3) is 1.06. The summed E-state index contributed by atoms with van der Waals surface area (Å²) in [5, 5.41) is 0. The SMILES string of the molecule is CCn1c(C)cc[n+]1CC. The van der Waals surface area contributed by atoms with E-state index in [1.807, 2.05) is 0 Å². The molecular weight excluding hydrogens is 124 g/mol. The van der Waals surface area contributed by atoms with Crippen molar-refractivity contribution in [2.45, 2.75) is 33.9 Å². The highest BCUT2D eigenvalue weighted by molar-refractivity contribution is 4.91. The number of hydrogen-bond acceptors (Lipinski definition) is 0. The molecule has 0 fully saturated rings. The van der Waals surface area contributed by atoms with Gasteiger partial charge in [0.15, 0.2) is 12.7 Å². The summed E-state index contributed by atoms with van der Waals surface area (Å²) in [5.41, 5.74) is 1.34. The molecule has 10 heavy (non-hydrogen) atoms. The molecule has 0 amide bonds. The molecule has 2 heteroatoms. The fraction of sp³-hybridized carbons (Fsp3) is 0.625. The van der Waals surface area contributed by atoms with E-state index in [9.17, 15) is 0 Å². The zero-order valence-corrected chi connectivity index (χ0v) is 6.96. The van der Waals surface area contributed by atoms with Crippen LogP contribution in [0.1, 0.15) is 19.5 Å². The Bertz CT molecular complexity index is 213. The van der Waals surface area contributed by atoms with Gasteiger partial charge in [0.25, 0.3) is 0 Å². The first-order valence-electron chi connectivity index (χ1n) is 3.85. The van der Waals surface area contributed by atoms with E-state index < -0.39 is 0 Å². The second-order valence-corrected chi connectivity index (χ2v) is 2.43. The predicted molar refractivity (Wildman–Crippen MR) is 40.7 cm³/mol. The summed E-state index contributed by atoms with van der Waals surface area (Å²) in [5.74, 6) is 0. The lowest BCUT2D eigenvalue weighted by molar-refractivity contribution is -0.772. The van der Waals surface area contributed by atoms with Gasteiger partial charge in [-0.25, -0.2) is 0 Å². The summed E-state index contributed by atoms with van der Waals surface area (Å²) in [4.78, 5) is 0. The van der Waals surface area contributed by atoms with Gasteiger partial charge in [-0.05, 0) is 20.8 Å². The molecule has 0 unspecified atom stereocenters. The minimum absolute atomic E-state index is 1.06. The molecule has 1 heterocycles. The normalized spacial score (nSPS) is 10.3. The van der Waals surface area contributed by atoms with Crippen molar-refractivity contribution in [1.82, 2.24) is 4.68 Å². The Labute approximate surface area is 62.1 Å². The maximum absolute atomic E-state index is 2.26. The Morgan fingerprint density at radius 2 is 2.20 bits per heavy atom. The first-order chi connectivity index (χ1) is 4.79. The molecule has 1 rings (SSSR count). The number of hydrogen-bond donors (Lipinski definition) is 0. The van der Waals surface area contributed by atoms with E-state index in [1.54, 1.807) is 0 Å². The fourth-order valence-corrected chi connectivity index (χ4v) is 1.27. The minimum atomic E-state index is 1.06. The van der Waals surface area contributed by atoms with Crippen LogP contribution in [0.4, 0.5) is 0 Å². The fourth-order valence-electron chi connectivity index (χ4n) is 1.27. The zero-order chi connectivity index (χ0) is 7.56. The van der Waals surface area contributed by atoms with Crippen LogP contribution in [0.15, 0.2) is 12.3 Å². The first-order valence-corrected chi connectivity index (χ1v) is 3.85. The Kier molecular flexibility index (Phi) is 2.10. The van der Waals surface area contributed by atoms with Crippen molar-refractivity contribution in [2.24, 2.45) is 0 Å². The standard InChI is InChI=1S/C8H15N2/c1-4-9-7-6-8(3)10(9)5-2/h6-7H,4-5H2,1-3H3/q+1. The Morgan fingerprint density at radius 1 is 1.50 bits per heavy atom. The van der Waals surface area contributed by atoms with Gasteiger partial charge in [0.05, 0.1) is 12.2 Å². The van der Waals surface area contributed by atoms with Gasteiger partial charge in [0.2, 0.25) is 0 Å². The van der Waals surface area contributed by atoms with E-state index in [0.29, 0.717) is 0 Å². The van der Waals surface area contributed by atoms with E-state index in [1.165, 1.54) is 5.69 Å². The Morgan fingerprint density at radius 3 is 2.60 bits per heavy atom. The van der Waals surface area contributed by atoms with Crippen LogP contribution in [-0.4, -0.2) is 4.68 Å². The van der Waals surface area contributed by atoms with Crippen molar-refractivity contribution in [3.05, 3.63) is 18.0 Å². The average molecular weight is 139 g/mol. The van der Waals surface area contributed by atoms with Gasteiger partial charge in [-0.15, -0.1) is 4.68 Å². The molecule has 1 aromatic heterocycles. The zero-order valence-electron chi connectivity index (χ0n) is 6.96. The second-order valence-electron chi connectivity index (χ2n) is 2.43. The highest BCUT2D eigenvalue weighted by atomic mass is 15.4. The van der Waals surface area contributed by atoms with Crippen molar-refractivity contribution in [1.29, 1.82) is 0 Å². The van der Waals surface area contributed by atoms with Crippen molar-refractivity contribution >= 4 is 0 Å². The van der Waals surface area contributed by atoms with Crippen molar-refractivity contribution in [3.63, 3.8) is 0 Å². The topological polar surface area (TPSA) is 8.81 Å². The molecule has 0 N–H and O–H groups in total. The maximum Gasteiger partial charge on any atom is 0.195 e. The van der Waals surface area contributed by atoms with Crippen molar-refractivity contribution in [3.8, 4) is 0 Å². The Balaban J connectivity index is 3.01. The van der Waals surface area contributed by atoms with Gasteiger partial charge in [-0.1, -0.05) is 0 Å². The molecule has 0 radical (unpaired) electrons. The molecule has 0 atom stereocenters. The summed E-state index contributed by atoms with van der Waals surface area (Å²) in [6, 6.07) is 2.15. The molecule has 0 aliphatic heterocycles. The summed E-state index contributed by atoms with van der Waals surface area (Å²) in [7, 11) is 0. The quantitative estimate of drug-likeness (QED) is 0.543. The van der Waals surface area contributed by atoms with Crippen LogP contribution in [-0.2, 0) is 13.1 Å². The molecule has 0 saturated heterocycles. The molecule has 2 nitrogen and oxygen atoms in total. The smallest absolute Gasteiger partial charge is 0.158 e. The summed E-state index contributed by atoms with van der Waals surface area (Å²) < 4.78 is 4.48. The van der Waals surface area contributed by atoms with Gasteiger partial charge in [0.1, 0.15) is 0 Å². The van der Waals surface area contributed by atoms with Crippen LogP contribution in [0, 0.1) is 6.92 Å². The monoisotopic (exact) mass is 139 g/mol. The van der Waals surface area contributed by atoms with Gasteiger partial charge < -0.3 is 0 Å². The third-order valence-electron chi connectivity index (χ3n) is 1.83. The summed E-state index contributed by atoms with van der Waals surface area (Å²) in [6.45, 7) is 8.58.